The lowest BCUT2D eigenvalue weighted by Crippen LogP contribution is -2.40. The molecule has 1 aromatic heterocycles. The first-order valence-electron chi connectivity index (χ1n) is 10.7. The number of benzene rings is 2. The van der Waals surface area contributed by atoms with Gasteiger partial charge in [-0.3, -0.25) is 4.79 Å². The molecule has 0 spiro atoms. The smallest absolute Gasteiger partial charge is 0.251 e. The van der Waals surface area contributed by atoms with Gasteiger partial charge in [0.15, 0.2) is 4.80 Å². The third-order valence-electron chi connectivity index (χ3n) is 5.84. The number of rotatable bonds is 6. The molecule has 2 aromatic carbocycles. The largest absolute Gasteiger partial charge is 0.383 e. The molecule has 7 nitrogen and oxygen atoms in total. The van der Waals surface area contributed by atoms with E-state index in [1.807, 2.05) is 6.92 Å². The van der Waals surface area contributed by atoms with Crippen molar-refractivity contribution in [2.45, 2.75) is 31.2 Å². The van der Waals surface area contributed by atoms with Crippen LogP contribution >= 0.6 is 11.3 Å². The Morgan fingerprint density at radius 1 is 1.18 bits per heavy atom. The van der Waals surface area contributed by atoms with Gasteiger partial charge in [0.05, 0.1) is 21.7 Å². The summed E-state index contributed by atoms with van der Waals surface area (Å²) >= 11 is 1.26. The lowest BCUT2D eigenvalue weighted by atomic mass is 9.98. The van der Waals surface area contributed by atoms with E-state index in [1.165, 1.54) is 21.7 Å². The number of hydrogen-bond acceptors (Lipinski definition) is 5. The van der Waals surface area contributed by atoms with Crippen LogP contribution in [0, 0.1) is 18.7 Å². The fourth-order valence-electron chi connectivity index (χ4n) is 3.95. The number of fused-ring (bicyclic) bond motifs is 1. The first-order chi connectivity index (χ1) is 15.8. The number of halogens is 1. The number of hydrogen-bond donors (Lipinski definition) is 0. The molecule has 0 aliphatic carbocycles. The van der Waals surface area contributed by atoms with E-state index in [0.717, 1.165) is 5.56 Å². The van der Waals surface area contributed by atoms with Gasteiger partial charge in [-0.15, -0.1) is 0 Å². The van der Waals surface area contributed by atoms with Crippen LogP contribution in [0.4, 0.5) is 4.39 Å². The summed E-state index contributed by atoms with van der Waals surface area (Å²) in [5, 5.41) is 0. The van der Waals surface area contributed by atoms with Crippen LogP contribution in [0.5, 0.6) is 0 Å². The van der Waals surface area contributed by atoms with Gasteiger partial charge in [0, 0.05) is 32.7 Å². The van der Waals surface area contributed by atoms with Gasteiger partial charge in [-0.05, 0) is 44.0 Å². The summed E-state index contributed by atoms with van der Waals surface area (Å²) in [4.78, 5) is 18.0. The van der Waals surface area contributed by atoms with Gasteiger partial charge in [0.2, 0.25) is 10.0 Å². The molecule has 176 valence electrons. The molecule has 0 N–H and O–H groups in total. The second kappa shape index (κ2) is 9.84. The van der Waals surface area contributed by atoms with Crippen molar-refractivity contribution >= 4 is 37.5 Å². The zero-order valence-corrected chi connectivity index (χ0v) is 20.2. The molecule has 0 bridgehead atoms. The van der Waals surface area contributed by atoms with Gasteiger partial charge in [-0.1, -0.05) is 35.1 Å². The summed E-state index contributed by atoms with van der Waals surface area (Å²) in [6.45, 7) is 3.15. The molecule has 4 rings (SSSR count). The number of carbonyl (C=O) groups is 1. The Morgan fingerprint density at radius 2 is 1.88 bits per heavy atom. The summed E-state index contributed by atoms with van der Waals surface area (Å²) in [5.74, 6) is -1.05. The third kappa shape index (κ3) is 4.93. The number of sulfonamides is 1. The molecular weight excluding hydrogens is 465 g/mol. The van der Waals surface area contributed by atoms with Crippen molar-refractivity contribution in [3.63, 3.8) is 0 Å². The number of thiazole rings is 1. The van der Waals surface area contributed by atoms with Crippen molar-refractivity contribution in [2.24, 2.45) is 10.9 Å². The molecule has 10 heteroatoms. The van der Waals surface area contributed by atoms with Crippen LogP contribution in [0.3, 0.4) is 0 Å². The van der Waals surface area contributed by atoms with E-state index in [1.54, 1.807) is 48.1 Å². The Morgan fingerprint density at radius 3 is 2.55 bits per heavy atom. The standard InChI is InChI=1S/C23H26FN3O4S2/c1-16-6-8-18(9-7-16)33(29,30)26-12-10-17(11-13-26)22(28)25-23-27(14-15-31-2)21-19(24)4-3-5-20(21)32-23/h3-9,17H,10-15H2,1-2H3. The molecule has 2 heterocycles. The van der Waals surface area contributed by atoms with E-state index >= 15 is 0 Å². The molecule has 0 saturated carbocycles. The minimum atomic E-state index is -3.59. The van der Waals surface area contributed by atoms with Gasteiger partial charge in [0.1, 0.15) is 5.82 Å². The van der Waals surface area contributed by atoms with Crippen LogP contribution < -0.4 is 4.80 Å². The summed E-state index contributed by atoms with van der Waals surface area (Å²) in [6, 6.07) is 11.6. The van der Waals surface area contributed by atoms with Crippen LogP contribution in [-0.2, 0) is 26.1 Å². The molecule has 3 aromatic rings. The molecule has 1 aliphatic rings. The van der Waals surface area contributed by atoms with Crippen LogP contribution in [0.15, 0.2) is 52.4 Å². The Hall–Kier alpha value is -2.40. The summed E-state index contributed by atoms with van der Waals surface area (Å²) in [7, 11) is -2.03. The first-order valence-corrected chi connectivity index (χ1v) is 13.0. The number of piperidine rings is 1. The van der Waals surface area contributed by atoms with Crippen molar-refractivity contribution in [1.82, 2.24) is 8.87 Å². The maximum absolute atomic E-state index is 14.5. The number of aromatic nitrogens is 1. The highest BCUT2D eigenvalue weighted by molar-refractivity contribution is 7.89. The number of carbonyl (C=O) groups excluding carboxylic acids is 1. The van der Waals surface area contributed by atoms with Crippen molar-refractivity contribution in [2.75, 3.05) is 26.8 Å². The van der Waals surface area contributed by atoms with E-state index in [0.29, 0.717) is 41.0 Å². The Labute approximate surface area is 196 Å². The summed E-state index contributed by atoms with van der Waals surface area (Å²) in [5.41, 5.74) is 1.40. The average Bonchev–Trinajstić information content (AvgIpc) is 3.16. The quantitative estimate of drug-likeness (QED) is 0.530. The topological polar surface area (TPSA) is 81.0 Å². The van der Waals surface area contributed by atoms with Crippen LogP contribution in [0.25, 0.3) is 10.2 Å². The predicted octanol–water partition coefficient (Wildman–Crippen LogP) is 3.32. The lowest BCUT2D eigenvalue weighted by molar-refractivity contribution is -0.122. The summed E-state index contributed by atoms with van der Waals surface area (Å²) < 4.78 is 49.2. The first kappa shape index (κ1) is 23.7. The van der Waals surface area contributed by atoms with Crippen LogP contribution in [0.1, 0.15) is 18.4 Å². The Balaban J connectivity index is 1.53. The third-order valence-corrected chi connectivity index (χ3v) is 8.80. The molecule has 0 radical (unpaired) electrons. The second-order valence-electron chi connectivity index (χ2n) is 8.06. The SMILES string of the molecule is COCCn1c(=NC(=O)C2CCN(S(=O)(=O)c3ccc(C)cc3)CC2)sc2cccc(F)c21. The zero-order valence-electron chi connectivity index (χ0n) is 18.5. The van der Waals surface area contributed by atoms with Crippen molar-refractivity contribution in [1.29, 1.82) is 0 Å². The van der Waals surface area contributed by atoms with E-state index in [-0.39, 0.29) is 35.6 Å². The molecule has 33 heavy (non-hydrogen) atoms. The molecule has 0 unspecified atom stereocenters. The maximum atomic E-state index is 14.5. The Bertz CT molecular complexity index is 1320. The number of amides is 1. The number of methoxy groups -OCH3 is 1. The fraction of sp³-hybridized carbons (Fsp3) is 0.391. The highest BCUT2D eigenvalue weighted by Crippen LogP contribution is 2.25. The summed E-state index contributed by atoms with van der Waals surface area (Å²) in [6.07, 6.45) is 0.787. The minimum Gasteiger partial charge on any atom is -0.383 e. The molecule has 1 amide bonds. The average molecular weight is 492 g/mol. The zero-order chi connectivity index (χ0) is 23.6. The van der Waals surface area contributed by atoms with E-state index in [9.17, 15) is 17.6 Å². The highest BCUT2D eigenvalue weighted by atomic mass is 32.2. The van der Waals surface area contributed by atoms with Crippen LogP contribution in [0.2, 0.25) is 0 Å². The van der Waals surface area contributed by atoms with Crippen molar-refractivity contribution in [3.8, 4) is 0 Å². The normalized spacial score (nSPS) is 16.5. The number of para-hydroxylation sites is 1. The monoisotopic (exact) mass is 491 g/mol. The molecule has 1 saturated heterocycles. The number of aryl methyl sites for hydroxylation is 1. The Kier molecular flexibility index (Phi) is 7.08. The predicted molar refractivity (Wildman–Crippen MR) is 125 cm³/mol. The number of nitrogens with zero attached hydrogens (tertiary/aromatic N) is 3. The highest BCUT2D eigenvalue weighted by Gasteiger charge is 2.32. The van der Waals surface area contributed by atoms with E-state index < -0.39 is 10.0 Å². The lowest BCUT2D eigenvalue weighted by Gasteiger charge is -2.29. The fourth-order valence-corrected chi connectivity index (χ4v) is 6.50. The number of ether oxygens (including phenoxy) is 1. The molecule has 1 fully saturated rings. The second-order valence-corrected chi connectivity index (χ2v) is 11.0. The van der Waals surface area contributed by atoms with Gasteiger partial charge >= 0.3 is 0 Å². The van der Waals surface area contributed by atoms with E-state index in [4.69, 9.17) is 4.74 Å². The van der Waals surface area contributed by atoms with Crippen molar-refractivity contribution < 1.29 is 22.3 Å². The molecular formula is C23H26FN3O4S2. The van der Waals surface area contributed by atoms with E-state index in [2.05, 4.69) is 4.99 Å². The molecule has 0 atom stereocenters. The van der Waals surface area contributed by atoms with Crippen molar-refractivity contribution in [3.05, 3.63) is 58.6 Å². The van der Waals surface area contributed by atoms with Gasteiger partial charge in [-0.25, -0.2) is 12.8 Å². The van der Waals surface area contributed by atoms with Gasteiger partial charge < -0.3 is 9.30 Å². The molecule has 1 aliphatic heterocycles. The maximum Gasteiger partial charge on any atom is 0.251 e. The van der Waals surface area contributed by atoms with Gasteiger partial charge in [0.25, 0.3) is 5.91 Å². The van der Waals surface area contributed by atoms with Crippen LogP contribution in [-0.4, -0.2) is 50.0 Å². The minimum absolute atomic E-state index is 0.257. The van der Waals surface area contributed by atoms with Gasteiger partial charge in [-0.2, -0.15) is 9.30 Å².